The van der Waals surface area contributed by atoms with Gasteiger partial charge in [-0.05, 0) is 64.2 Å². The van der Waals surface area contributed by atoms with Crippen LogP contribution in [0.15, 0.2) is 37.0 Å². The predicted octanol–water partition coefficient (Wildman–Crippen LogP) is 6.84. The molecule has 0 aromatic rings. The van der Waals surface area contributed by atoms with Crippen LogP contribution in [0.2, 0.25) is 0 Å². The summed E-state index contributed by atoms with van der Waals surface area (Å²) in [6, 6.07) is 0. The lowest BCUT2D eigenvalue weighted by atomic mass is 10.0. The molecular formula is C24H40O3. The summed E-state index contributed by atoms with van der Waals surface area (Å²) >= 11 is 0. The van der Waals surface area contributed by atoms with Crippen molar-refractivity contribution in [2.45, 2.75) is 115 Å². The number of hydrogen-bond acceptors (Lipinski definition) is 3. The third-order valence-electron chi connectivity index (χ3n) is 5.67. The Labute approximate surface area is 166 Å². The van der Waals surface area contributed by atoms with Gasteiger partial charge in [0.1, 0.15) is 6.10 Å². The lowest BCUT2D eigenvalue weighted by Gasteiger charge is -2.30. The third kappa shape index (κ3) is 9.23. The van der Waals surface area contributed by atoms with Crippen LogP contribution in [0.1, 0.15) is 90.4 Å². The maximum absolute atomic E-state index is 6.24. The van der Waals surface area contributed by atoms with Gasteiger partial charge in [0.2, 0.25) is 0 Å². The molecule has 2 saturated heterocycles. The van der Waals surface area contributed by atoms with E-state index in [1.54, 1.807) is 0 Å². The second kappa shape index (κ2) is 14.1. The summed E-state index contributed by atoms with van der Waals surface area (Å²) in [6.07, 6.45) is 27.2. The molecule has 0 aliphatic carbocycles. The van der Waals surface area contributed by atoms with E-state index >= 15 is 0 Å². The normalized spacial score (nSPS) is 29.1. The van der Waals surface area contributed by atoms with Crippen molar-refractivity contribution in [3.8, 4) is 0 Å². The smallest absolute Gasteiger partial charge is 0.119 e. The van der Waals surface area contributed by atoms with Crippen molar-refractivity contribution in [2.75, 3.05) is 0 Å². The molecule has 2 heterocycles. The first-order valence-electron chi connectivity index (χ1n) is 11.2. The van der Waals surface area contributed by atoms with Crippen LogP contribution >= 0.6 is 0 Å². The highest BCUT2D eigenvalue weighted by Crippen LogP contribution is 2.31. The number of unbranched alkanes of at least 4 members (excludes halogenated alkanes) is 5. The molecule has 3 heteroatoms. The highest BCUT2D eigenvalue weighted by molar-refractivity contribution is 5.02. The second-order valence-electron chi connectivity index (χ2n) is 7.93. The van der Waals surface area contributed by atoms with Crippen molar-refractivity contribution in [1.29, 1.82) is 0 Å². The molecule has 2 aliphatic heterocycles. The van der Waals surface area contributed by atoms with Gasteiger partial charge in [-0.3, -0.25) is 0 Å². The minimum absolute atomic E-state index is 0.149. The molecule has 2 fully saturated rings. The summed E-state index contributed by atoms with van der Waals surface area (Å²) in [7, 11) is 0. The van der Waals surface area contributed by atoms with Crippen molar-refractivity contribution in [1.82, 2.24) is 0 Å². The summed E-state index contributed by atoms with van der Waals surface area (Å²) in [4.78, 5) is 11.1. The van der Waals surface area contributed by atoms with E-state index in [1.807, 2.05) is 6.08 Å². The Balaban J connectivity index is 1.43. The van der Waals surface area contributed by atoms with Gasteiger partial charge in [-0.15, -0.1) is 6.58 Å². The van der Waals surface area contributed by atoms with Crippen molar-refractivity contribution in [3.05, 3.63) is 37.0 Å². The molecule has 0 unspecified atom stereocenters. The molecule has 0 saturated carbocycles. The Morgan fingerprint density at radius 3 is 2.26 bits per heavy atom. The minimum Gasteiger partial charge on any atom is -0.372 e. The maximum Gasteiger partial charge on any atom is 0.119 e. The van der Waals surface area contributed by atoms with E-state index < -0.39 is 0 Å². The SMILES string of the molecule is C=CCC/C=C\C=C/CCCCCC[C@H]1CC[C@@H]([C@H]2CC[C@@H](CC)OO2)O1. The average molecular weight is 377 g/mol. The Morgan fingerprint density at radius 1 is 0.778 bits per heavy atom. The highest BCUT2D eigenvalue weighted by Gasteiger charge is 2.35. The Hall–Kier alpha value is -0.900. The van der Waals surface area contributed by atoms with Gasteiger partial charge in [0.05, 0.1) is 18.3 Å². The van der Waals surface area contributed by atoms with Gasteiger partial charge in [0, 0.05) is 0 Å². The number of rotatable bonds is 13. The molecule has 154 valence electrons. The van der Waals surface area contributed by atoms with Crippen LogP contribution < -0.4 is 0 Å². The summed E-state index contributed by atoms with van der Waals surface area (Å²) < 4.78 is 6.24. The van der Waals surface area contributed by atoms with E-state index in [-0.39, 0.29) is 18.3 Å². The average Bonchev–Trinajstić information content (AvgIpc) is 3.18. The molecule has 0 aromatic heterocycles. The van der Waals surface area contributed by atoms with Crippen LogP contribution in [0.25, 0.3) is 0 Å². The van der Waals surface area contributed by atoms with E-state index in [2.05, 4.69) is 37.8 Å². The second-order valence-corrected chi connectivity index (χ2v) is 7.93. The zero-order valence-electron chi connectivity index (χ0n) is 17.3. The highest BCUT2D eigenvalue weighted by atomic mass is 17.2. The van der Waals surface area contributed by atoms with Crippen LogP contribution in [-0.4, -0.2) is 24.4 Å². The number of ether oxygens (including phenoxy) is 1. The third-order valence-corrected chi connectivity index (χ3v) is 5.67. The van der Waals surface area contributed by atoms with Crippen LogP contribution in [0.3, 0.4) is 0 Å². The van der Waals surface area contributed by atoms with Gasteiger partial charge in [0.25, 0.3) is 0 Å². The fourth-order valence-electron chi connectivity index (χ4n) is 3.89. The number of hydrogen-bond donors (Lipinski definition) is 0. The van der Waals surface area contributed by atoms with Crippen molar-refractivity contribution >= 4 is 0 Å². The topological polar surface area (TPSA) is 27.7 Å². The lowest BCUT2D eigenvalue weighted by molar-refractivity contribution is -0.386. The van der Waals surface area contributed by atoms with Crippen molar-refractivity contribution < 1.29 is 14.5 Å². The van der Waals surface area contributed by atoms with Crippen LogP contribution in [0.4, 0.5) is 0 Å². The number of allylic oxidation sites excluding steroid dienone is 5. The van der Waals surface area contributed by atoms with E-state index in [9.17, 15) is 0 Å². The molecule has 4 atom stereocenters. The van der Waals surface area contributed by atoms with Gasteiger partial charge in [-0.25, -0.2) is 9.78 Å². The zero-order valence-corrected chi connectivity index (χ0v) is 17.3. The van der Waals surface area contributed by atoms with Gasteiger partial charge in [0.15, 0.2) is 0 Å². The van der Waals surface area contributed by atoms with E-state index in [0.29, 0.717) is 6.10 Å². The van der Waals surface area contributed by atoms with Crippen molar-refractivity contribution in [2.24, 2.45) is 0 Å². The quantitative estimate of drug-likeness (QED) is 0.152. The Morgan fingerprint density at radius 2 is 1.52 bits per heavy atom. The fraction of sp³-hybridized carbons (Fsp3) is 0.750. The van der Waals surface area contributed by atoms with Gasteiger partial charge >= 0.3 is 0 Å². The summed E-state index contributed by atoms with van der Waals surface area (Å²) in [6.45, 7) is 5.88. The van der Waals surface area contributed by atoms with E-state index in [0.717, 1.165) is 38.5 Å². The molecular weight excluding hydrogens is 336 g/mol. The first-order valence-corrected chi connectivity index (χ1v) is 11.2. The van der Waals surface area contributed by atoms with Crippen LogP contribution in [-0.2, 0) is 14.5 Å². The molecule has 2 rings (SSSR count). The molecule has 2 aliphatic rings. The molecule has 0 amide bonds. The largest absolute Gasteiger partial charge is 0.372 e. The van der Waals surface area contributed by atoms with E-state index in [4.69, 9.17) is 14.5 Å². The predicted molar refractivity (Wildman–Crippen MR) is 113 cm³/mol. The standard InChI is InChI=1S/C24H40O3/c1-3-5-6-7-8-9-10-11-12-13-14-15-16-22-18-19-23(25-22)24-20-17-21(4-2)26-27-24/h3,7-10,21-24H,1,4-6,11-20H2,2H3/b8-7-,10-9-/t21-,22+,23+,24-/m1/s1. The van der Waals surface area contributed by atoms with Gasteiger partial charge in [-0.1, -0.05) is 56.6 Å². The molecule has 3 nitrogen and oxygen atoms in total. The molecule has 0 bridgehead atoms. The molecule has 0 aromatic carbocycles. The van der Waals surface area contributed by atoms with E-state index in [1.165, 1.54) is 44.9 Å². The summed E-state index contributed by atoms with van der Waals surface area (Å²) in [5, 5.41) is 0. The molecule has 27 heavy (non-hydrogen) atoms. The van der Waals surface area contributed by atoms with Crippen LogP contribution in [0.5, 0.6) is 0 Å². The first-order chi connectivity index (χ1) is 13.3. The molecule has 0 N–H and O–H groups in total. The monoisotopic (exact) mass is 376 g/mol. The fourth-order valence-corrected chi connectivity index (χ4v) is 3.89. The van der Waals surface area contributed by atoms with Gasteiger partial charge < -0.3 is 4.74 Å². The zero-order chi connectivity index (χ0) is 19.2. The summed E-state index contributed by atoms with van der Waals surface area (Å²) in [5.74, 6) is 0. The summed E-state index contributed by atoms with van der Waals surface area (Å²) in [5.41, 5.74) is 0. The minimum atomic E-state index is 0.149. The molecule has 0 radical (unpaired) electrons. The Bertz CT molecular complexity index is 435. The molecule has 0 spiro atoms. The Kier molecular flexibility index (Phi) is 11.7. The maximum atomic E-state index is 6.24. The lowest BCUT2D eigenvalue weighted by Crippen LogP contribution is -2.36. The van der Waals surface area contributed by atoms with Crippen LogP contribution in [0, 0.1) is 0 Å². The van der Waals surface area contributed by atoms with Gasteiger partial charge in [-0.2, -0.15) is 0 Å². The van der Waals surface area contributed by atoms with Crippen molar-refractivity contribution in [3.63, 3.8) is 0 Å². The first kappa shape index (κ1) is 22.4.